The maximum absolute atomic E-state index is 14.2. The van der Waals surface area contributed by atoms with Gasteiger partial charge >= 0.3 is 0 Å². The van der Waals surface area contributed by atoms with Crippen LogP contribution >= 0.6 is 12.6 Å². The molecule has 2 saturated heterocycles. The molecule has 2 spiro atoms. The Morgan fingerprint density at radius 1 is 1.26 bits per heavy atom. The predicted molar refractivity (Wildman–Crippen MR) is 160 cm³/mol. The van der Waals surface area contributed by atoms with Gasteiger partial charge in [-0.05, 0) is 77.0 Å². The van der Waals surface area contributed by atoms with E-state index in [4.69, 9.17) is 21.9 Å². The fourth-order valence-electron chi connectivity index (χ4n) is 9.78. The van der Waals surface area contributed by atoms with Crippen molar-refractivity contribution < 1.29 is 24.3 Å². The van der Waals surface area contributed by atoms with Crippen molar-refractivity contribution >= 4 is 24.1 Å². The lowest BCUT2D eigenvalue weighted by Gasteiger charge is -2.70. The molecule has 10 rings (SSSR count). The van der Waals surface area contributed by atoms with E-state index >= 15 is 0 Å². The molecule has 5 unspecified atom stereocenters. The number of aliphatic hydroxyl groups excluding tert-OH is 2. The molecule has 9 nitrogen and oxygen atoms in total. The van der Waals surface area contributed by atoms with Crippen LogP contribution in [0.5, 0.6) is 0 Å². The van der Waals surface area contributed by atoms with Crippen molar-refractivity contribution in [1.29, 1.82) is 0 Å². The number of nitrogens with one attached hydrogen (secondary N) is 1. The maximum Gasteiger partial charge on any atom is 0.252 e. The van der Waals surface area contributed by atoms with Gasteiger partial charge in [0.15, 0.2) is 11.9 Å². The smallest absolute Gasteiger partial charge is 0.252 e. The molecule has 1 aromatic rings. The Morgan fingerprint density at radius 3 is 2.86 bits per heavy atom. The summed E-state index contributed by atoms with van der Waals surface area (Å²) in [6, 6.07) is 0.140. The number of aliphatic hydroxyl groups is 2. The van der Waals surface area contributed by atoms with Gasteiger partial charge in [0.2, 0.25) is 5.82 Å². The van der Waals surface area contributed by atoms with Crippen molar-refractivity contribution in [3.63, 3.8) is 0 Å². The zero-order valence-electron chi connectivity index (χ0n) is 24.3. The van der Waals surface area contributed by atoms with Crippen LogP contribution in [0.25, 0.3) is 5.57 Å². The number of likely N-dealkylation sites (tertiary alicyclic amines) is 1. The number of aromatic nitrogens is 2. The molecule has 5 fully saturated rings. The first-order valence-electron chi connectivity index (χ1n) is 15.5. The minimum Gasteiger partial charge on any atom is -0.508 e. The highest BCUT2D eigenvalue weighted by Crippen LogP contribution is 2.84. The van der Waals surface area contributed by atoms with E-state index in [2.05, 4.69) is 44.8 Å². The first kappa shape index (κ1) is 26.0. The number of allylic oxidation sites excluding steroid dienone is 8. The topological polar surface area (TPSA) is 121 Å². The second-order valence-corrected chi connectivity index (χ2v) is 15.1. The number of amides is 1. The summed E-state index contributed by atoms with van der Waals surface area (Å²) in [5.74, 6) is 1.09. The van der Waals surface area contributed by atoms with Gasteiger partial charge in [-0.1, -0.05) is 35.0 Å². The van der Waals surface area contributed by atoms with Crippen LogP contribution in [0.2, 0.25) is 0 Å². The van der Waals surface area contributed by atoms with E-state index in [1.807, 2.05) is 19.9 Å². The molecule has 10 heteroatoms. The van der Waals surface area contributed by atoms with Gasteiger partial charge in [0.1, 0.15) is 17.1 Å². The molecule has 1 amide bonds. The van der Waals surface area contributed by atoms with Crippen LogP contribution in [-0.4, -0.2) is 54.6 Å². The summed E-state index contributed by atoms with van der Waals surface area (Å²) in [6.45, 7) is 4.43. The molecule has 43 heavy (non-hydrogen) atoms. The molecule has 7 atom stereocenters. The molecule has 0 aromatic carbocycles. The van der Waals surface area contributed by atoms with E-state index in [1.165, 1.54) is 5.57 Å². The first-order valence-corrected chi connectivity index (χ1v) is 15.9. The van der Waals surface area contributed by atoms with Crippen LogP contribution in [-0.2, 0) is 15.1 Å². The number of carbonyl (C=O) groups is 1. The summed E-state index contributed by atoms with van der Waals surface area (Å²) in [5.41, 5.74) is 0.821. The molecule has 1 aromatic heterocycles. The van der Waals surface area contributed by atoms with Crippen molar-refractivity contribution in [2.24, 2.45) is 22.7 Å². The third kappa shape index (κ3) is 3.13. The van der Waals surface area contributed by atoms with Gasteiger partial charge < -0.3 is 29.7 Å². The SMILES string of the molecule is CC(C)(NC(=O)C1=C(O)C2OC3=C(O)C=CC4CC5N(C=C6CC6)CC6(C1)C[C@@]2(C34)[C@]56S)c1nc(C2=CCCC=C2)no1. The number of carbonyl (C=O) groups excluding carboxylic acids is 1. The van der Waals surface area contributed by atoms with E-state index in [-0.39, 0.29) is 40.7 Å². The van der Waals surface area contributed by atoms with Crippen LogP contribution in [0, 0.1) is 22.7 Å². The van der Waals surface area contributed by atoms with Gasteiger partial charge in [-0.25, -0.2) is 0 Å². The molecule has 7 aliphatic carbocycles. The number of ether oxygens (including phenoxy) is 1. The summed E-state index contributed by atoms with van der Waals surface area (Å²) in [4.78, 5) is 21.3. The molecule has 9 aliphatic rings. The Hall–Kier alpha value is -3.40. The Balaban J connectivity index is 1.10. The number of thiol groups is 1. The zero-order valence-corrected chi connectivity index (χ0v) is 25.2. The molecule has 2 aliphatic heterocycles. The average molecular weight is 601 g/mol. The van der Waals surface area contributed by atoms with Crippen molar-refractivity contribution in [2.45, 2.75) is 81.2 Å². The van der Waals surface area contributed by atoms with E-state index in [0.717, 1.165) is 50.6 Å². The molecule has 3 saturated carbocycles. The Morgan fingerprint density at radius 2 is 2.09 bits per heavy atom. The molecule has 3 N–H and O–H groups in total. The third-order valence-electron chi connectivity index (χ3n) is 11.6. The summed E-state index contributed by atoms with van der Waals surface area (Å²) >= 11 is 5.61. The normalized spacial score (nSPS) is 39.7. The molecule has 2 bridgehead atoms. The monoisotopic (exact) mass is 600 g/mol. The first-order chi connectivity index (χ1) is 20.6. The van der Waals surface area contributed by atoms with Gasteiger partial charge in [0.25, 0.3) is 11.8 Å². The maximum atomic E-state index is 14.2. The fourth-order valence-corrected chi connectivity index (χ4v) is 10.6. The van der Waals surface area contributed by atoms with E-state index < -0.39 is 21.8 Å². The zero-order chi connectivity index (χ0) is 29.5. The van der Waals surface area contributed by atoms with E-state index in [0.29, 0.717) is 29.5 Å². The van der Waals surface area contributed by atoms with Crippen LogP contribution in [0.4, 0.5) is 0 Å². The number of hydrogen-bond acceptors (Lipinski definition) is 9. The summed E-state index contributed by atoms with van der Waals surface area (Å²) in [5, 5.41) is 30.2. The molecular weight excluding hydrogens is 564 g/mol. The summed E-state index contributed by atoms with van der Waals surface area (Å²) in [6.07, 6.45) is 17.8. The lowest BCUT2D eigenvalue weighted by molar-refractivity contribution is -0.147. The number of nitrogens with zero attached hydrogens (tertiary/aromatic N) is 3. The lowest BCUT2D eigenvalue weighted by atomic mass is 9.35. The van der Waals surface area contributed by atoms with Gasteiger partial charge in [0, 0.05) is 34.9 Å². The Bertz CT molecular complexity index is 1680. The van der Waals surface area contributed by atoms with E-state index in [1.54, 1.807) is 6.08 Å². The van der Waals surface area contributed by atoms with Crippen LogP contribution in [0.15, 0.2) is 69.5 Å². The Kier molecular flexibility index (Phi) is 4.96. The minimum absolute atomic E-state index is 0.0436. The van der Waals surface area contributed by atoms with Gasteiger partial charge in [-0.2, -0.15) is 17.6 Å². The van der Waals surface area contributed by atoms with Gasteiger partial charge in [-0.3, -0.25) is 4.79 Å². The fraction of sp³-hybridized carbons (Fsp3) is 0.545. The number of rotatable bonds is 5. The number of hydrogen-bond donors (Lipinski definition) is 4. The van der Waals surface area contributed by atoms with E-state index in [9.17, 15) is 15.0 Å². The summed E-state index contributed by atoms with van der Waals surface area (Å²) in [7, 11) is 0. The minimum atomic E-state index is -0.994. The van der Waals surface area contributed by atoms with Crippen LogP contribution < -0.4 is 5.32 Å². The molecule has 3 heterocycles. The standard InChI is InChI=1S/C33H36N4O5S/c1-30(2,29-34-27(36-42-29)18-6-4-3-5-7-18)35-28(40)20-13-31-15-32-23-19(10-11-21(38)25(23)41-26(32)24(20)39)12-22(33(31,32)43)37(16-31)14-17-8-9-17/h4,6-7,10-11,14,19,22-23,26,38-39,43H,3,5,8-9,12-13,15-16H2,1-2H3,(H,35,40)/t19?,22?,23?,26?,31?,32-,33-/m0/s1. The van der Waals surface area contributed by atoms with Crippen molar-refractivity contribution in [2.75, 3.05) is 6.54 Å². The lowest BCUT2D eigenvalue weighted by Crippen LogP contribution is -2.76. The third-order valence-corrected chi connectivity index (χ3v) is 12.8. The number of fused-ring (bicyclic) bond motifs is 1. The molecule has 0 radical (unpaired) electrons. The van der Waals surface area contributed by atoms with Crippen LogP contribution in [0.3, 0.4) is 0 Å². The van der Waals surface area contributed by atoms with Crippen molar-refractivity contribution in [1.82, 2.24) is 20.4 Å². The molecular formula is C33H36N4O5S. The highest BCUT2D eigenvalue weighted by Gasteiger charge is 2.88. The van der Waals surface area contributed by atoms with Gasteiger partial charge in [0.05, 0.1) is 10.3 Å². The largest absolute Gasteiger partial charge is 0.508 e. The molecule has 224 valence electrons. The Labute approximate surface area is 255 Å². The van der Waals surface area contributed by atoms with Gasteiger partial charge in [-0.15, -0.1) is 0 Å². The van der Waals surface area contributed by atoms with Crippen molar-refractivity contribution in [3.05, 3.63) is 76.7 Å². The van der Waals surface area contributed by atoms with Crippen molar-refractivity contribution in [3.8, 4) is 0 Å². The van der Waals surface area contributed by atoms with Crippen LogP contribution in [0.1, 0.15) is 70.5 Å². The summed E-state index contributed by atoms with van der Waals surface area (Å²) < 4.78 is 11.7. The quantitative estimate of drug-likeness (QED) is 0.343. The highest BCUT2D eigenvalue weighted by molar-refractivity contribution is 7.82. The highest BCUT2D eigenvalue weighted by atomic mass is 32.1. The second kappa shape index (κ2) is 8.20. The average Bonchev–Trinajstić information content (AvgIpc) is 3.47. The predicted octanol–water partition coefficient (Wildman–Crippen LogP) is 5.15. The second-order valence-electron chi connectivity index (χ2n) is 14.4.